The molecule has 0 bridgehead atoms. The highest BCUT2D eigenvalue weighted by atomic mass is 14.4. The van der Waals surface area contributed by atoms with Crippen LogP contribution in [0.25, 0.3) is 89.0 Å². The number of rotatable bonds is 5. The number of hydrogen-bond acceptors (Lipinski definition) is 0. The molecule has 0 N–H and O–H groups in total. The topological polar surface area (TPSA) is 0 Å². The molecule has 0 heteroatoms. The molecule has 0 fully saturated rings. The summed E-state index contributed by atoms with van der Waals surface area (Å²) in [5.41, 5.74) is 28.8. The van der Waals surface area contributed by atoms with Gasteiger partial charge in [0.2, 0.25) is 0 Å². The van der Waals surface area contributed by atoms with Gasteiger partial charge in [-0.25, -0.2) is 0 Å². The summed E-state index contributed by atoms with van der Waals surface area (Å²) in [4.78, 5) is 0. The summed E-state index contributed by atoms with van der Waals surface area (Å²) in [6, 6.07) is 73.2. The van der Waals surface area contributed by atoms with E-state index in [2.05, 4.69) is 236 Å². The molecule has 0 radical (unpaired) electrons. The Bertz CT molecular complexity index is 3340. The fraction of sp³-hybridized carbons (Fsp3) is 0.143. The summed E-state index contributed by atoms with van der Waals surface area (Å²) < 4.78 is 0. The van der Waals surface area contributed by atoms with E-state index in [0.717, 1.165) is 0 Å². The monoisotopic (exact) mass is 806 g/mol. The van der Waals surface area contributed by atoms with Crippen LogP contribution in [0.5, 0.6) is 0 Å². The molecule has 0 unspecified atom stereocenters. The van der Waals surface area contributed by atoms with Crippen molar-refractivity contribution in [1.82, 2.24) is 0 Å². The van der Waals surface area contributed by atoms with Crippen LogP contribution in [0, 0.1) is 0 Å². The van der Waals surface area contributed by atoms with Crippen LogP contribution in [0.2, 0.25) is 0 Å². The van der Waals surface area contributed by atoms with Gasteiger partial charge in [-0.15, -0.1) is 0 Å². The summed E-state index contributed by atoms with van der Waals surface area (Å²) in [6.07, 6.45) is 0. The van der Waals surface area contributed by atoms with Crippen LogP contribution in [-0.2, 0) is 16.2 Å². The van der Waals surface area contributed by atoms with Crippen LogP contribution in [0.1, 0.15) is 74.9 Å². The van der Waals surface area contributed by atoms with Crippen molar-refractivity contribution in [3.8, 4) is 89.0 Å². The second-order valence-electron chi connectivity index (χ2n) is 19.7. The zero-order chi connectivity index (χ0) is 42.8. The van der Waals surface area contributed by atoms with Gasteiger partial charge in [-0.3, -0.25) is 0 Å². The molecule has 3 aliphatic rings. The van der Waals surface area contributed by atoms with E-state index >= 15 is 0 Å². The van der Waals surface area contributed by atoms with Crippen molar-refractivity contribution in [2.75, 3.05) is 0 Å². The van der Waals surface area contributed by atoms with Crippen LogP contribution in [0.4, 0.5) is 0 Å². The Labute approximate surface area is 372 Å². The largest absolute Gasteiger partial charge is 0.0622 e. The Morgan fingerprint density at radius 3 is 1.10 bits per heavy atom. The maximum Gasteiger partial charge on any atom is 0.0159 e. The lowest BCUT2D eigenvalue weighted by Gasteiger charge is -2.24. The minimum Gasteiger partial charge on any atom is -0.0622 e. The van der Waals surface area contributed by atoms with Gasteiger partial charge in [0.25, 0.3) is 0 Å². The maximum absolute atomic E-state index is 2.51. The molecule has 0 saturated heterocycles. The summed E-state index contributed by atoms with van der Waals surface area (Å²) >= 11 is 0. The van der Waals surface area contributed by atoms with Gasteiger partial charge in [0.15, 0.2) is 0 Å². The molecule has 0 heterocycles. The standard InChI is InChI=1S/C63H50/c1-61(2)54-24-16-15-23-52(54)60-53(33-45(38-59(60)61)39-17-9-7-10-18-39)44-28-32-51-49-30-26-42(35-56(49)63(5,6)58(51)37-44)41-25-29-48-50-31-27-43(36-57(50)62(3,4)55(48)34-41)47-22-14-13-21-46(47)40-19-11-8-12-20-40/h7-38H,1-6H3. The van der Waals surface area contributed by atoms with Crippen LogP contribution in [-0.4, -0.2) is 0 Å². The van der Waals surface area contributed by atoms with Crippen LogP contribution >= 0.6 is 0 Å². The average molecular weight is 807 g/mol. The van der Waals surface area contributed by atoms with Crippen molar-refractivity contribution in [2.24, 2.45) is 0 Å². The fourth-order valence-corrected chi connectivity index (χ4v) is 11.6. The predicted octanol–water partition coefficient (Wildman–Crippen LogP) is 16.9. The van der Waals surface area contributed by atoms with E-state index in [1.165, 1.54) is 122 Å². The van der Waals surface area contributed by atoms with Crippen molar-refractivity contribution in [3.05, 3.63) is 228 Å². The molecule has 0 saturated carbocycles. The van der Waals surface area contributed by atoms with Gasteiger partial charge in [-0.05, 0) is 159 Å². The molecular weight excluding hydrogens is 757 g/mol. The summed E-state index contributed by atoms with van der Waals surface area (Å²) in [5.74, 6) is 0. The smallest absolute Gasteiger partial charge is 0.0159 e. The van der Waals surface area contributed by atoms with E-state index in [1.807, 2.05) is 0 Å². The summed E-state index contributed by atoms with van der Waals surface area (Å²) in [6.45, 7) is 14.4. The third kappa shape index (κ3) is 5.53. The molecule has 12 rings (SSSR count). The third-order valence-corrected chi connectivity index (χ3v) is 15.1. The zero-order valence-electron chi connectivity index (χ0n) is 37.0. The van der Waals surface area contributed by atoms with E-state index in [9.17, 15) is 0 Å². The summed E-state index contributed by atoms with van der Waals surface area (Å²) in [7, 11) is 0. The Balaban J connectivity index is 0.915. The molecule has 0 aromatic heterocycles. The highest BCUT2D eigenvalue weighted by Gasteiger charge is 2.40. The van der Waals surface area contributed by atoms with Gasteiger partial charge >= 0.3 is 0 Å². The lowest BCUT2D eigenvalue weighted by molar-refractivity contribution is 0.659. The lowest BCUT2D eigenvalue weighted by Crippen LogP contribution is -2.16. The van der Waals surface area contributed by atoms with Crippen molar-refractivity contribution in [2.45, 2.75) is 57.8 Å². The highest BCUT2D eigenvalue weighted by molar-refractivity contribution is 5.97. The Morgan fingerprint density at radius 2 is 0.571 bits per heavy atom. The van der Waals surface area contributed by atoms with Crippen LogP contribution < -0.4 is 0 Å². The quantitative estimate of drug-likeness (QED) is 0.163. The lowest BCUT2D eigenvalue weighted by atomic mass is 9.79. The average Bonchev–Trinajstić information content (AvgIpc) is 3.80. The van der Waals surface area contributed by atoms with Gasteiger partial charge in [0.1, 0.15) is 0 Å². The Hall–Kier alpha value is -7.02. The first-order chi connectivity index (χ1) is 30.5. The minimum atomic E-state index is -0.174. The highest BCUT2D eigenvalue weighted by Crippen LogP contribution is 2.56. The maximum atomic E-state index is 2.51. The molecule has 0 spiro atoms. The van der Waals surface area contributed by atoms with Crippen LogP contribution in [0.15, 0.2) is 194 Å². The number of benzene rings is 9. The first-order valence-electron chi connectivity index (χ1n) is 22.6. The minimum absolute atomic E-state index is 0.0959. The van der Waals surface area contributed by atoms with E-state index in [1.54, 1.807) is 0 Å². The van der Waals surface area contributed by atoms with E-state index < -0.39 is 0 Å². The van der Waals surface area contributed by atoms with Crippen molar-refractivity contribution < 1.29 is 0 Å². The molecule has 0 atom stereocenters. The third-order valence-electron chi connectivity index (χ3n) is 15.1. The molecular formula is C63H50. The molecule has 0 aliphatic heterocycles. The van der Waals surface area contributed by atoms with E-state index in [4.69, 9.17) is 0 Å². The molecule has 3 aliphatic carbocycles. The van der Waals surface area contributed by atoms with Crippen molar-refractivity contribution in [3.63, 3.8) is 0 Å². The molecule has 9 aromatic carbocycles. The molecule has 9 aromatic rings. The van der Waals surface area contributed by atoms with Gasteiger partial charge in [0.05, 0.1) is 0 Å². The van der Waals surface area contributed by atoms with Crippen molar-refractivity contribution in [1.29, 1.82) is 0 Å². The van der Waals surface area contributed by atoms with Crippen LogP contribution in [0.3, 0.4) is 0 Å². The first kappa shape index (κ1) is 37.7. The second kappa shape index (κ2) is 13.5. The first-order valence-corrected chi connectivity index (χ1v) is 22.6. The second-order valence-corrected chi connectivity index (χ2v) is 19.7. The predicted molar refractivity (Wildman–Crippen MR) is 266 cm³/mol. The number of fused-ring (bicyclic) bond motifs is 9. The van der Waals surface area contributed by atoms with Gasteiger partial charge in [-0.1, -0.05) is 199 Å². The van der Waals surface area contributed by atoms with E-state index in [0.29, 0.717) is 0 Å². The van der Waals surface area contributed by atoms with E-state index in [-0.39, 0.29) is 16.2 Å². The summed E-state index contributed by atoms with van der Waals surface area (Å²) in [5, 5.41) is 0. The van der Waals surface area contributed by atoms with Gasteiger partial charge < -0.3 is 0 Å². The molecule has 302 valence electrons. The number of hydrogen-bond donors (Lipinski definition) is 0. The SMILES string of the molecule is CC1(C)c2cc(-c3ccc4c(c3)C(C)(C)c3cc(-c5cc(-c6ccccc6)cc6c5-c5ccccc5C6(C)C)ccc3-4)ccc2-c2ccc(-c3ccccc3-c3ccccc3)cc21. The molecule has 0 amide bonds. The van der Waals surface area contributed by atoms with Crippen molar-refractivity contribution >= 4 is 0 Å². The fourth-order valence-electron chi connectivity index (χ4n) is 11.6. The zero-order valence-corrected chi connectivity index (χ0v) is 37.0. The molecule has 0 nitrogen and oxygen atoms in total. The Morgan fingerprint density at radius 1 is 0.206 bits per heavy atom. The normalized spacial score (nSPS) is 15.2. The van der Waals surface area contributed by atoms with Gasteiger partial charge in [-0.2, -0.15) is 0 Å². The van der Waals surface area contributed by atoms with Gasteiger partial charge in [0, 0.05) is 16.2 Å². The Kier molecular flexibility index (Phi) is 8.08. The molecule has 63 heavy (non-hydrogen) atoms.